The maximum Gasteiger partial charge on any atom is 0.319 e. The van der Waals surface area contributed by atoms with Gasteiger partial charge >= 0.3 is 12.0 Å². The van der Waals surface area contributed by atoms with Crippen LogP contribution in [0, 0.1) is 12.8 Å². The highest BCUT2D eigenvalue weighted by Gasteiger charge is 2.23. The molecule has 0 aliphatic heterocycles. The number of carbonyl (C=O) groups is 2. The number of aryl methyl sites for hydroxylation is 1. The van der Waals surface area contributed by atoms with Crippen molar-refractivity contribution in [2.45, 2.75) is 33.7 Å². The van der Waals surface area contributed by atoms with E-state index in [4.69, 9.17) is 16.3 Å². The number of halogens is 1. The van der Waals surface area contributed by atoms with Crippen LogP contribution in [0.4, 0.5) is 10.5 Å². The summed E-state index contributed by atoms with van der Waals surface area (Å²) in [6.45, 7) is 7.38. The second-order valence-corrected chi connectivity index (χ2v) is 5.27. The molecule has 2 N–H and O–H groups in total. The van der Waals surface area contributed by atoms with Crippen molar-refractivity contribution in [1.29, 1.82) is 0 Å². The smallest absolute Gasteiger partial charge is 0.319 e. The number of esters is 1. The van der Waals surface area contributed by atoms with E-state index in [1.807, 2.05) is 19.1 Å². The predicted molar refractivity (Wildman–Crippen MR) is 83.6 cm³/mol. The van der Waals surface area contributed by atoms with Crippen LogP contribution in [-0.2, 0) is 9.53 Å². The van der Waals surface area contributed by atoms with E-state index >= 15 is 0 Å². The van der Waals surface area contributed by atoms with E-state index in [0.717, 1.165) is 5.56 Å². The molecule has 2 unspecified atom stereocenters. The molecule has 5 nitrogen and oxygen atoms in total. The molecule has 0 heterocycles. The number of urea groups is 1. The summed E-state index contributed by atoms with van der Waals surface area (Å²) in [5.74, 6) is -0.762. The van der Waals surface area contributed by atoms with Crippen molar-refractivity contribution in [2.75, 3.05) is 11.9 Å². The third-order valence-corrected chi connectivity index (χ3v) is 3.54. The topological polar surface area (TPSA) is 67.4 Å². The number of rotatable bonds is 5. The standard InChI is InChI=1S/C15H21ClN2O3/c1-5-21-14(19)10(3)11(4)17-15(20)18-13-9(2)7-6-8-12(13)16/h6-8,10-11H,5H2,1-4H3,(H2,17,18,20). The Kier molecular flexibility index (Phi) is 6.49. The number of carbonyl (C=O) groups excluding carboxylic acids is 2. The van der Waals surface area contributed by atoms with Gasteiger partial charge in [-0.25, -0.2) is 4.79 Å². The molecule has 2 amide bonds. The van der Waals surface area contributed by atoms with Gasteiger partial charge in [-0.05, 0) is 39.3 Å². The number of para-hydroxylation sites is 1. The minimum absolute atomic E-state index is 0.320. The molecule has 1 aromatic carbocycles. The monoisotopic (exact) mass is 312 g/mol. The molecule has 21 heavy (non-hydrogen) atoms. The van der Waals surface area contributed by atoms with Crippen molar-refractivity contribution in [3.05, 3.63) is 28.8 Å². The largest absolute Gasteiger partial charge is 0.466 e. The number of hydrogen-bond donors (Lipinski definition) is 2. The van der Waals surface area contributed by atoms with Gasteiger partial charge in [0.2, 0.25) is 0 Å². The first-order chi connectivity index (χ1) is 9.86. The highest BCUT2D eigenvalue weighted by atomic mass is 35.5. The summed E-state index contributed by atoms with van der Waals surface area (Å²) < 4.78 is 4.93. The molecule has 0 fully saturated rings. The Morgan fingerprint density at radius 2 is 2.00 bits per heavy atom. The van der Waals surface area contributed by atoms with Crippen LogP contribution in [0.15, 0.2) is 18.2 Å². The molecule has 1 aromatic rings. The molecule has 116 valence electrons. The number of hydrogen-bond acceptors (Lipinski definition) is 3. The van der Waals surface area contributed by atoms with Crippen LogP contribution in [0.2, 0.25) is 5.02 Å². The Labute approximate surface area is 130 Å². The Bertz CT molecular complexity index is 499. The fourth-order valence-corrected chi connectivity index (χ4v) is 2.02. The summed E-state index contributed by atoms with van der Waals surface area (Å²) in [6.07, 6.45) is 0. The van der Waals surface area contributed by atoms with Gasteiger partial charge in [-0.3, -0.25) is 4.79 Å². The summed E-state index contributed by atoms with van der Waals surface area (Å²) in [5, 5.41) is 5.88. The summed E-state index contributed by atoms with van der Waals surface area (Å²) in [4.78, 5) is 23.6. The number of ether oxygens (including phenoxy) is 1. The fourth-order valence-electron chi connectivity index (χ4n) is 1.75. The maximum absolute atomic E-state index is 12.0. The van der Waals surface area contributed by atoms with Crippen molar-refractivity contribution >= 4 is 29.3 Å². The van der Waals surface area contributed by atoms with Crippen LogP contribution >= 0.6 is 11.6 Å². The summed E-state index contributed by atoms with van der Waals surface area (Å²) in [5.41, 5.74) is 1.43. The number of benzene rings is 1. The molecule has 6 heteroatoms. The Hall–Kier alpha value is -1.75. The van der Waals surface area contributed by atoms with Crippen molar-refractivity contribution in [3.63, 3.8) is 0 Å². The van der Waals surface area contributed by atoms with Gasteiger partial charge in [0.25, 0.3) is 0 Å². The van der Waals surface area contributed by atoms with Gasteiger partial charge in [0.15, 0.2) is 0 Å². The van der Waals surface area contributed by atoms with E-state index in [-0.39, 0.29) is 12.0 Å². The van der Waals surface area contributed by atoms with Gasteiger partial charge < -0.3 is 15.4 Å². The summed E-state index contributed by atoms with van der Waals surface area (Å²) in [6, 6.07) is 4.61. The molecule has 0 spiro atoms. The minimum Gasteiger partial charge on any atom is -0.466 e. The minimum atomic E-state index is -0.428. The van der Waals surface area contributed by atoms with E-state index in [2.05, 4.69) is 10.6 Å². The zero-order valence-electron chi connectivity index (χ0n) is 12.7. The zero-order chi connectivity index (χ0) is 16.0. The SMILES string of the molecule is CCOC(=O)C(C)C(C)NC(=O)Nc1c(C)cccc1Cl. The molecule has 2 atom stereocenters. The van der Waals surface area contributed by atoms with Crippen molar-refractivity contribution in [1.82, 2.24) is 5.32 Å². The number of amides is 2. The lowest BCUT2D eigenvalue weighted by Gasteiger charge is -2.20. The van der Waals surface area contributed by atoms with E-state index in [1.165, 1.54) is 0 Å². The van der Waals surface area contributed by atoms with E-state index in [0.29, 0.717) is 17.3 Å². The van der Waals surface area contributed by atoms with Gasteiger partial charge in [0.05, 0.1) is 23.2 Å². The second-order valence-electron chi connectivity index (χ2n) is 4.86. The van der Waals surface area contributed by atoms with Crippen molar-refractivity contribution < 1.29 is 14.3 Å². The van der Waals surface area contributed by atoms with Gasteiger partial charge in [0, 0.05) is 6.04 Å². The Morgan fingerprint density at radius 1 is 1.33 bits per heavy atom. The van der Waals surface area contributed by atoms with Crippen LogP contribution in [0.1, 0.15) is 26.3 Å². The van der Waals surface area contributed by atoms with Gasteiger partial charge in [-0.2, -0.15) is 0 Å². The lowest BCUT2D eigenvalue weighted by molar-refractivity contribution is -0.148. The van der Waals surface area contributed by atoms with Gasteiger partial charge in [0.1, 0.15) is 0 Å². The van der Waals surface area contributed by atoms with Gasteiger partial charge in [-0.1, -0.05) is 23.7 Å². The maximum atomic E-state index is 12.0. The first kappa shape index (κ1) is 17.3. The molecule has 0 bridgehead atoms. The van der Waals surface area contributed by atoms with E-state index < -0.39 is 11.9 Å². The lowest BCUT2D eigenvalue weighted by Crippen LogP contribution is -2.42. The summed E-state index contributed by atoms with van der Waals surface area (Å²) >= 11 is 6.05. The van der Waals surface area contributed by atoms with Crippen LogP contribution < -0.4 is 10.6 Å². The Morgan fingerprint density at radius 3 is 2.57 bits per heavy atom. The highest BCUT2D eigenvalue weighted by molar-refractivity contribution is 6.33. The molecular formula is C15H21ClN2O3. The van der Waals surface area contributed by atoms with Crippen LogP contribution in [0.25, 0.3) is 0 Å². The normalized spacial score (nSPS) is 13.2. The number of anilines is 1. The molecule has 0 aliphatic carbocycles. The first-order valence-corrected chi connectivity index (χ1v) is 7.23. The van der Waals surface area contributed by atoms with E-state index in [9.17, 15) is 9.59 Å². The van der Waals surface area contributed by atoms with Gasteiger partial charge in [-0.15, -0.1) is 0 Å². The zero-order valence-corrected chi connectivity index (χ0v) is 13.5. The molecule has 1 rings (SSSR count). The average molecular weight is 313 g/mol. The molecule has 0 aromatic heterocycles. The van der Waals surface area contributed by atoms with Crippen LogP contribution in [0.3, 0.4) is 0 Å². The third-order valence-electron chi connectivity index (χ3n) is 3.23. The average Bonchev–Trinajstić information content (AvgIpc) is 2.42. The molecule has 0 saturated carbocycles. The van der Waals surface area contributed by atoms with Crippen molar-refractivity contribution in [2.24, 2.45) is 5.92 Å². The molecular weight excluding hydrogens is 292 g/mol. The molecule has 0 radical (unpaired) electrons. The molecule has 0 saturated heterocycles. The molecule has 0 aliphatic rings. The van der Waals surface area contributed by atoms with E-state index in [1.54, 1.807) is 26.8 Å². The quantitative estimate of drug-likeness (QED) is 0.819. The number of nitrogens with one attached hydrogen (secondary N) is 2. The third kappa shape index (κ3) is 4.93. The summed E-state index contributed by atoms with van der Waals surface area (Å²) in [7, 11) is 0. The van der Waals surface area contributed by atoms with Crippen LogP contribution in [-0.4, -0.2) is 24.6 Å². The first-order valence-electron chi connectivity index (χ1n) is 6.86. The van der Waals surface area contributed by atoms with Crippen LogP contribution in [0.5, 0.6) is 0 Å². The lowest BCUT2D eigenvalue weighted by atomic mass is 10.0. The second kappa shape index (κ2) is 7.88. The van der Waals surface area contributed by atoms with Crippen molar-refractivity contribution in [3.8, 4) is 0 Å². The predicted octanol–water partition coefficient (Wildman–Crippen LogP) is 3.36. The fraction of sp³-hybridized carbons (Fsp3) is 0.467. The highest BCUT2D eigenvalue weighted by Crippen LogP contribution is 2.25. The Balaban J connectivity index is 2.63.